The average molecular weight is 394 g/mol. The number of ether oxygens (including phenoxy) is 1. The van der Waals surface area contributed by atoms with Crippen LogP contribution in [-0.4, -0.2) is 43.0 Å². The van der Waals surface area contributed by atoms with E-state index in [2.05, 4.69) is 5.32 Å². The predicted molar refractivity (Wildman–Crippen MR) is 102 cm³/mol. The third kappa shape index (κ3) is 5.44. The molecule has 1 N–H and O–H groups in total. The van der Waals surface area contributed by atoms with E-state index in [1.165, 1.54) is 16.4 Å². The number of alkyl carbamates (subject to hydrolysis) is 1. The predicted octanol–water partition coefficient (Wildman–Crippen LogP) is 3.01. The molecule has 8 heteroatoms. The Balaban J connectivity index is 2.23. The Morgan fingerprint density at radius 1 is 1.37 bits per heavy atom. The van der Waals surface area contributed by atoms with E-state index in [4.69, 9.17) is 10.00 Å². The quantitative estimate of drug-likeness (QED) is 0.848. The summed E-state index contributed by atoms with van der Waals surface area (Å²) in [5, 5.41) is 11.8. The Bertz CT molecular complexity index is 824. The summed E-state index contributed by atoms with van der Waals surface area (Å²) < 4.78 is 33.0. The molecule has 0 radical (unpaired) electrons. The number of nitriles is 1. The molecule has 2 atom stereocenters. The van der Waals surface area contributed by atoms with Gasteiger partial charge in [-0.2, -0.15) is 9.57 Å². The van der Waals surface area contributed by atoms with Crippen LogP contribution in [0.2, 0.25) is 0 Å². The molecule has 1 amide bonds. The Hall–Kier alpha value is -2.11. The molecule has 0 saturated carbocycles. The van der Waals surface area contributed by atoms with Crippen molar-refractivity contribution >= 4 is 16.1 Å². The molecule has 7 nitrogen and oxygen atoms in total. The van der Waals surface area contributed by atoms with Crippen LogP contribution in [0.1, 0.15) is 52.5 Å². The number of sulfonamides is 1. The zero-order chi connectivity index (χ0) is 20.2. The maximum absolute atomic E-state index is 13.2. The van der Waals surface area contributed by atoms with Gasteiger partial charge < -0.3 is 10.1 Å². The number of nitrogens with one attached hydrogen (secondary N) is 1. The lowest BCUT2D eigenvalue weighted by molar-refractivity contribution is 0.0478. The zero-order valence-electron chi connectivity index (χ0n) is 16.2. The van der Waals surface area contributed by atoms with E-state index in [0.717, 1.165) is 12.8 Å². The SMILES string of the molecule is C[C@@H](NC(=O)OC(C)(C)C)[C@@H]1CCCCN1S(=O)(=O)c1cccc(C#N)c1. The van der Waals surface area contributed by atoms with E-state index in [1.54, 1.807) is 39.8 Å². The van der Waals surface area contributed by atoms with Crippen LogP contribution in [0.3, 0.4) is 0 Å². The van der Waals surface area contributed by atoms with Crippen molar-refractivity contribution in [3.8, 4) is 6.07 Å². The van der Waals surface area contributed by atoms with Gasteiger partial charge in [0.2, 0.25) is 10.0 Å². The minimum atomic E-state index is -3.77. The molecule has 2 rings (SSSR count). The number of piperidine rings is 1. The molecule has 0 aliphatic carbocycles. The average Bonchev–Trinajstić information content (AvgIpc) is 2.60. The first kappa shape index (κ1) is 21.2. The van der Waals surface area contributed by atoms with Crippen LogP contribution >= 0.6 is 0 Å². The first-order valence-electron chi connectivity index (χ1n) is 9.06. The number of carbonyl (C=O) groups is 1. The topological polar surface area (TPSA) is 99.5 Å². The molecule has 148 valence electrons. The van der Waals surface area contributed by atoms with Gasteiger partial charge in [0, 0.05) is 18.6 Å². The van der Waals surface area contributed by atoms with Crippen LogP contribution in [0.5, 0.6) is 0 Å². The molecule has 27 heavy (non-hydrogen) atoms. The maximum Gasteiger partial charge on any atom is 0.407 e. The molecule has 1 saturated heterocycles. The van der Waals surface area contributed by atoms with Crippen molar-refractivity contribution in [3.05, 3.63) is 29.8 Å². The minimum absolute atomic E-state index is 0.0953. The first-order valence-corrected chi connectivity index (χ1v) is 10.5. The van der Waals surface area contributed by atoms with Gasteiger partial charge in [-0.25, -0.2) is 13.2 Å². The molecule has 0 spiro atoms. The second kappa shape index (κ2) is 8.28. The first-order chi connectivity index (χ1) is 12.5. The lowest BCUT2D eigenvalue weighted by Gasteiger charge is -2.38. The molecule has 1 aromatic carbocycles. The van der Waals surface area contributed by atoms with Crippen LogP contribution < -0.4 is 5.32 Å². The summed E-state index contributed by atoms with van der Waals surface area (Å²) in [4.78, 5) is 12.2. The third-order valence-corrected chi connectivity index (χ3v) is 6.31. The lowest BCUT2D eigenvalue weighted by atomic mass is 9.99. The Labute approximate surface area is 161 Å². The van der Waals surface area contributed by atoms with Gasteiger partial charge in [-0.05, 0) is 58.7 Å². The second-order valence-corrected chi connectivity index (χ2v) is 9.64. The van der Waals surface area contributed by atoms with Crippen molar-refractivity contribution in [2.75, 3.05) is 6.54 Å². The van der Waals surface area contributed by atoms with Crippen LogP contribution in [0.4, 0.5) is 4.79 Å². The monoisotopic (exact) mass is 393 g/mol. The molecular formula is C19H27N3O4S. The summed E-state index contributed by atoms with van der Waals surface area (Å²) >= 11 is 0. The largest absolute Gasteiger partial charge is 0.444 e. The molecule has 0 unspecified atom stereocenters. The van der Waals surface area contributed by atoms with Crippen LogP contribution in [0.25, 0.3) is 0 Å². The minimum Gasteiger partial charge on any atom is -0.444 e. The fourth-order valence-electron chi connectivity index (χ4n) is 3.18. The number of carbonyl (C=O) groups excluding carboxylic acids is 1. The fraction of sp³-hybridized carbons (Fsp3) is 0.579. The summed E-state index contributed by atoms with van der Waals surface area (Å²) in [7, 11) is -3.77. The number of hydrogen-bond acceptors (Lipinski definition) is 5. The van der Waals surface area contributed by atoms with Crippen LogP contribution in [0, 0.1) is 11.3 Å². The van der Waals surface area contributed by atoms with E-state index in [0.29, 0.717) is 18.5 Å². The van der Waals surface area contributed by atoms with E-state index >= 15 is 0 Å². The van der Waals surface area contributed by atoms with Gasteiger partial charge in [0.05, 0.1) is 16.5 Å². The number of nitrogens with zero attached hydrogens (tertiary/aromatic N) is 2. The smallest absolute Gasteiger partial charge is 0.407 e. The highest BCUT2D eigenvalue weighted by Crippen LogP contribution is 2.27. The van der Waals surface area contributed by atoms with Gasteiger partial charge in [-0.15, -0.1) is 0 Å². The Kier molecular flexibility index (Phi) is 6.50. The lowest BCUT2D eigenvalue weighted by Crippen LogP contribution is -2.54. The summed E-state index contributed by atoms with van der Waals surface area (Å²) in [6.07, 6.45) is 1.72. The number of rotatable bonds is 4. The molecule has 1 aliphatic heterocycles. The van der Waals surface area contributed by atoms with E-state index in [-0.39, 0.29) is 10.9 Å². The van der Waals surface area contributed by atoms with Crippen LogP contribution in [-0.2, 0) is 14.8 Å². The van der Waals surface area contributed by atoms with Crippen molar-refractivity contribution in [1.82, 2.24) is 9.62 Å². The summed E-state index contributed by atoms with van der Waals surface area (Å²) in [5.41, 5.74) is -0.329. The van der Waals surface area contributed by atoms with Gasteiger partial charge in [-0.3, -0.25) is 0 Å². The Morgan fingerprint density at radius 3 is 2.70 bits per heavy atom. The van der Waals surface area contributed by atoms with Gasteiger partial charge >= 0.3 is 6.09 Å². The molecular weight excluding hydrogens is 366 g/mol. The van der Waals surface area contributed by atoms with Crippen LogP contribution in [0.15, 0.2) is 29.2 Å². The molecule has 0 aromatic heterocycles. The van der Waals surface area contributed by atoms with Crippen molar-refractivity contribution in [2.24, 2.45) is 0 Å². The molecule has 1 aromatic rings. The van der Waals surface area contributed by atoms with Crippen molar-refractivity contribution in [1.29, 1.82) is 5.26 Å². The van der Waals surface area contributed by atoms with Crippen molar-refractivity contribution in [3.63, 3.8) is 0 Å². The standard InChI is InChI=1S/C19H27N3O4S/c1-14(21-18(23)26-19(2,3)4)17-10-5-6-11-22(17)27(24,25)16-9-7-8-15(12-16)13-20/h7-9,12,14,17H,5-6,10-11H2,1-4H3,(H,21,23)/t14-,17+/m1/s1. The number of hydrogen-bond donors (Lipinski definition) is 1. The normalized spacial score (nSPS) is 19.7. The van der Waals surface area contributed by atoms with Gasteiger partial charge in [0.25, 0.3) is 0 Å². The molecule has 1 fully saturated rings. The molecule has 1 aliphatic rings. The van der Waals surface area contributed by atoms with Crippen molar-refractivity contribution in [2.45, 2.75) is 69.5 Å². The molecule has 0 bridgehead atoms. The van der Waals surface area contributed by atoms with Gasteiger partial charge in [0.15, 0.2) is 0 Å². The summed E-state index contributed by atoms with van der Waals surface area (Å²) in [5.74, 6) is 0. The fourth-order valence-corrected chi connectivity index (χ4v) is 4.99. The number of benzene rings is 1. The summed E-state index contributed by atoms with van der Waals surface area (Å²) in [6.45, 7) is 7.49. The number of amides is 1. The highest BCUT2D eigenvalue weighted by molar-refractivity contribution is 7.89. The van der Waals surface area contributed by atoms with E-state index < -0.39 is 27.8 Å². The van der Waals surface area contributed by atoms with E-state index in [9.17, 15) is 13.2 Å². The maximum atomic E-state index is 13.2. The van der Waals surface area contributed by atoms with Gasteiger partial charge in [0.1, 0.15) is 5.60 Å². The zero-order valence-corrected chi connectivity index (χ0v) is 17.0. The second-order valence-electron chi connectivity index (χ2n) is 7.75. The summed E-state index contributed by atoms with van der Waals surface area (Å²) in [6, 6.07) is 7.19. The third-order valence-electron chi connectivity index (χ3n) is 4.39. The van der Waals surface area contributed by atoms with E-state index in [1.807, 2.05) is 6.07 Å². The molecule has 1 heterocycles. The van der Waals surface area contributed by atoms with Crippen molar-refractivity contribution < 1.29 is 17.9 Å². The highest BCUT2D eigenvalue weighted by Gasteiger charge is 2.37. The highest BCUT2D eigenvalue weighted by atomic mass is 32.2. The van der Waals surface area contributed by atoms with Gasteiger partial charge in [-0.1, -0.05) is 12.5 Å². The Morgan fingerprint density at radius 2 is 2.07 bits per heavy atom.